The molecule has 1 rings (SSSR count). The Labute approximate surface area is 155 Å². The van der Waals surface area contributed by atoms with E-state index in [-0.39, 0.29) is 30.6 Å². The van der Waals surface area contributed by atoms with Crippen LogP contribution in [0.2, 0.25) is 0 Å². The van der Waals surface area contributed by atoms with Gasteiger partial charge in [0.05, 0.1) is 35.4 Å². The minimum atomic E-state index is -0.758. The summed E-state index contributed by atoms with van der Waals surface area (Å²) in [5.41, 5.74) is -0.556. The van der Waals surface area contributed by atoms with E-state index in [0.29, 0.717) is 6.61 Å². The van der Waals surface area contributed by atoms with Gasteiger partial charge < -0.3 is 9.47 Å². The fraction of sp³-hybridized carbons (Fsp3) is 0.529. The van der Waals surface area contributed by atoms with E-state index in [1.807, 2.05) is 6.92 Å². The summed E-state index contributed by atoms with van der Waals surface area (Å²) >= 11 is 0. The van der Waals surface area contributed by atoms with Gasteiger partial charge in [0.1, 0.15) is 6.61 Å². The van der Waals surface area contributed by atoms with E-state index in [2.05, 4.69) is 0 Å². The highest BCUT2D eigenvalue weighted by Gasteiger charge is 2.22. The minimum absolute atomic E-state index is 0.140. The van der Waals surface area contributed by atoms with Crippen LogP contribution >= 0.6 is 0 Å². The predicted octanol–water partition coefficient (Wildman–Crippen LogP) is 3.37. The van der Waals surface area contributed by atoms with Gasteiger partial charge in [0.2, 0.25) is 0 Å². The summed E-state index contributed by atoms with van der Waals surface area (Å²) < 4.78 is 9.94. The average Bonchev–Trinajstić information content (AvgIpc) is 2.62. The van der Waals surface area contributed by atoms with Crippen molar-refractivity contribution in [2.45, 2.75) is 52.6 Å². The van der Waals surface area contributed by atoms with Crippen LogP contribution in [0.3, 0.4) is 0 Å². The van der Waals surface area contributed by atoms with Crippen LogP contribution in [-0.2, 0) is 25.7 Å². The molecular formula is C17H22N2O8. The molecule has 0 radical (unpaired) electrons. The maximum atomic E-state index is 11.7. The summed E-state index contributed by atoms with van der Waals surface area (Å²) in [5, 5.41) is 21.9. The number of rotatable bonds is 11. The van der Waals surface area contributed by atoms with Crippen LogP contribution in [0.25, 0.3) is 0 Å². The SMILES string of the molecule is CCCCCOC(=O)CCC(=O)OCc1cc([N+](=O)[O-])cc([N+](=O)[O-])c1C. The predicted molar refractivity (Wildman–Crippen MR) is 94.0 cm³/mol. The number of nitro groups is 2. The highest BCUT2D eigenvalue weighted by molar-refractivity contribution is 5.77. The highest BCUT2D eigenvalue weighted by atomic mass is 16.6. The minimum Gasteiger partial charge on any atom is -0.466 e. The van der Waals surface area contributed by atoms with Gasteiger partial charge in [0, 0.05) is 17.2 Å². The first-order valence-corrected chi connectivity index (χ1v) is 8.49. The molecule has 0 fully saturated rings. The number of carbonyl (C=O) groups excluding carboxylic acids is 2. The molecule has 0 saturated heterocycles. The highest BCUT2D eigenvalue weighted by Crippen LogP contribution is 2.28. The van der Waals surface area contributed by atoms with E-state index in [0.717, 1.165) is 31.4 Å². The molecule has 148 valence electrons. The first-order valence-electron chi connectivity index (χ1n) is 8.49. The number of benzene rings is 1. The maximum Gasteiger partial charge on any atom is 0.306 e. The van der Waals surface area contributed by atoms with E-state index >= 15 is 0 Å². The number of ether oxygens (including phenoxy) is 2. The number of nitrogens with zero attached hydrogens (tertiary/aromatic N) is 2. The Morgan fingerprint density at radius 2 is 1.63 bits per heavy atom. The van der Waals surface area contributed by atoms with E-state index in [1.54, 1.807) is 0 Å². The molecule has 0 aliphatic heterocycles. The fourth-order valence-electron chi connectivity index (χ4n) is 2.23. The van der Waals surface area contributed by atoms with Gasteiger partial charge in [0.25, 0.3) is 11.4 Å². The van der Waals surface area contributed by atoms with E-state index < -0.39 is 33.2 Å². The molecule has 0 N–H and O–H groups in total. The smallest absolute Gasteiger partial charge is 0.306 e. The van der Waals surface area contributed by atoms with Gasteiger partial charge in [-0.3, -0.25) is 29.8 Å². The second-order valence-electron chi connectivity index (χ2n) is 5.85. The lowest BCUT2D eigenvalue weighted by atomic mass is 10.1. The number of hydrogen-bond acceptors (Lipinski definition) is 8. The molecule has 0 aromatic heterocycles. The van der Waals surface area contributed by atoms with Crippen LogP contribution in [0.4, 0.5) is 11.4 Å². The van der Waals surface area contributed by atoms with Gasteiger partial charge in [-0.15, -0.1) is 0 Å². The quantitative estimate of drug-likeness (QED) is 0.246. The second-order valence-corrected chi connectivity index (χ2v) is 5.85. The van der Waals surface area contributed by atoms with Gasteiger partial charge in [-0.2, -0.15) is 0 Å². The molecule has 1 aromatic rings. The molecule has 0 unspecified atom stereocenters. The number of unbranched alkanes of at least 4 members (excludes halogenated alkanes) is 2. The Morgan fingerprint density at radius 3 is 2.19 bits per heavy atom. The zero-order chi connectivity index (χ0) is 20.4. The zero-order valence-corrected chi connectivity index (χ0v) is 15.3. The van der Waals surface area contributed by atoms with Gasteiger partial charge in [0.15, 0.2) is 0 Å². The summed E-state index contributed by atoms with van der Waals surface area (Å²) in [4.78, 5) is 43.7. The molecule has 0 bridgehead atoms. The normalized spacial score (nSPS) is 10.3. The van der Waals surface area contributed by atoms with Crippen molar-refractivity contribution in [2.75, 3.05) is 6.61 Å². The molecule has 0 heterocycles. The molecule has 10 nitrogen and oxygen atoms in total. The van der Waals surface area contributed by atoms with Gasteiger partial charge >= 0.3 is 11.9 Å². The van der Waals surface area contributed by atoms with Crippen LogP contribution < -0.4 is 0 Å². The Morgan fingerprint density at radius 1 is 1.00 bits per heavy atom. The lowest BCUT2D eigenvalue weighted by molar-refractivity contribution is -0.394. The van der Waals surface area contributed by atoms with Crippen molar-refractivity contribution in [1.29, 1.82) is 0 Å². The van der Waals surface area contributed by atoms with Crippen LogP contribution in [-0.4, -0.2) is 28.4 Å². The number of non-ortho nitro benzene ring substituents is 1. The summed E-state index contributed by atoms with van der Waals surface area (Å²) in [7, 11) is 0. The molecular weight excluding hydrogens is 360 g/mol. The van der Waals surface area contributed by atoms with Crippen molar-refractivity contribution in [1.82, 2.24) is 0 Å². The first kappa shape index (κ1) is 22.0. The average molecular weight is 382 g/mol. The van der Waals surface area contributed by atoms with Crippen molar-refractivity contribution in [3.8, 4) is 0 Å². The third-order valence-electron chi connectivity index (χ3n) is 3.81. The molecule has 1 aromatic carbocycles. The van der Waals surface area contributed by atoms with Crippen molar-refractivity contribution < 1.29 is 28.9 Å². The molecule has 0 saturated carbocycles. The Kier molecular flexibility index (Phi) is 8.83. The fourth-order valence-corrected chi connectivity index (χ4v) is 2.23. The number of esters is 2. The van der Waals surface area contributed by atoms with Gasteiger partial charge in [-0.05, 0) is 13.3 Å². The molecule has 27 heavy (non-hydrogen) atoms. The zero-order valence-electron chi connectivity index (χ0n) is 15.3. The van der Waals surface area contributed by atoms with Crippen LogP contribution in [0.15, 0.2) is 12.1 Å². The molecule has 0 aliphatic carbocycles. The lowest BCUT2D eigenvalue weighted by Gasteiger charge is -2.08. The largest absolute Gasteiger partial charge is 0.466 e. The summed E-state index contributed by atoms with van der Waals surface area (Å²) in [6.45, 7) is 3.38. The van der Waals surface area contributed by atoms with Gasteiger partial charge in [-0.25, -0.2) is 0 Å². The maximum absolute atomic E-state index is 11.7. The monoisotopic (exact) mass is 382 g/mol. The molecule has 10 heteroatoms. The molecule has 0 amide bonds. The molecule has 0 aliphatic rings. The van der Waals surface area contributed by atoms with Crippen LogP contribution in [0.1, 0.15) is 50.2 Å². The molecule has 0 spiro atoms. The topological polar surface area (TPSA) is 139 Å². The number of hydrogen-bond donors (Lipinski definition) is 0. The summed E-state index contributed by atoms with van der Waals surface area (Å²) in [6, 6.07) is 1.98. The van der Waals surface area contributed by atoms with E-state index in [9.17, 15) is 29.8 Å². The van der Waals surface area contributed by atoms with E-state index in [1.165, 1.54) is 6.92 Å². The second kappa shape index (κ2) is 10.8. The lowest BCUT2D eigenvalue weighted by Crippen LogP contribution is -2.11. The van der Waals surface area contributed by atoms with Crippen LogP contribution in [0, 0.1) is 27.2 Å². The standard InChI is InChI=1S/C17H22N2O8/c1-3-4-5-8-26-16(20)6-7-17(21)27-11-13-9-14(18(22)23)10-15(12(13)2)19(24)25/h9-10H,3-8,11H2,1-2H3. The van der Waals surface area contributed by atoms with E-state index in [4.69, 9.17) is 9.47 Å². The summed E-state index contributed by atoms with van der Waals surface area (Å²) in [6.07, 6.45) is 2.36. The number of nitro benzene ring substituents is 2. The molecule has 0 atom stereocenters. The van der Waals surface area contributed by atoms with Gasteiger partial charge in [-0.1, -0.05) is 19.8 Å². The Balaban J connectivity index is 2.59. The van der Waals surface area contributed by atoms with Crippen molar-refractivity contribution in [3.05, 3.63) is 43.5 Å². The third-order valence-corrected chi connectivity index (χ3v) is 3.81. The van der Waals surface area contributed by atoms with Crippen LogP contribution in [0.5, 0.6) is 0 Å². The summed E-state index contributed by atoms with van der Waals surface area (Å²) in [5.74, 6) is -1.21. The van der Waals surface area contributed by atoms with Crippen molar-refractivity contribution >= 4 is 23.3 Å². The Hall–Kier alpha value is -3.04. The Bertz CT molecular complexity index is 717. The third kappa shape index (κ3) is 7.38. The number of carbonyl (C=O) groups is 2. The first-order chi connectivity index (χ1) is 12.8. The van der Waals surface area contributed by atoms with Crippen molar-refractivity contribution in [3.63, 3.8) is 0 Å². The van der Waals surface area contributed by atoms with Crippen molar-refractivity contribution in [2.24, 2.45) is 0 Å².